The molecular formula is C12H13N3O4. The molecule has 0 amide bonds. The van der Waals surface area contributed by atoms with Gasteiger partial charge < -0.3 is 25.2 Å². The van der Waals surface area contributed by atoms with E-state index < -0.39 is 6.10 Å². The Labute approximate surface area is 108 Å². The fourth-order valence-corrected chi connectivity index (χ4v) is 2.06. The molecule has 0 saturated carbocycles. The molecular weight excluding hydrogens is 250 g/mol. The van der Waals surface area contributed by atoms with Crippen molar-refractivity contribution in [2.75, 3.05) is 6.54 Å². The standard InChI is InChI=1S/C12H13N3O4/c16-7-4-8(13-5-7)12-14-11(15-19-12)6-1-2-9(17)10(18)3-6/h1-3,7-8,13,16-18H,4-5H2/t7-,8+/m0/s1. The Kier molecular flexibility index (Phi) is 2.84. The number of aliphatic hydroxyl groups excluding tert-OH is 1. The molecule has 4 N–H and O–H groups in total. The maximum atomic E-state index is 9.44. The molecule has 7 heteroatoms. The summed E-state index contributed by atoms with van der Waals surface area (Å²) in [5, 5.41) is 35.0. The lowest BCUT2D eigenvalue weighted by molar-refractivity contribution is 0.191. The van der Waals surface area contributed by atoms with Crippen LogP contribution in [0.15, 0.2) is 22.7 Å². The number of hydrogen-bond acceptors (Lipinski definition) is 7. The summed E-state index contributed by atoms with van der Waals surface area (Å²) in [6.45, 7) is 0.502. The predicted octanol–water partition coefficient (Wildman–Crippen LogP) is 0.543. The number of hydrogen-bond donors (Lipinski definition) is 4. The first kappa shape index (κ1) is 11.9. The van der Waals surface area contributed by atoms with Crippen LogP contribution in [0.1, 0.15) is 18.4 Å². The van der Waals surface area contributed by atoms with Gasteiger partial charge in [-0.05, 0) is 24.6 Å². The zero-order chi connectivity index (χ0) is 13.4. The minimum Gasteiger partial charge on any atom is -0.504 e. The van der Waals surface area contributed by atoms with Crippen LogP contribution in [0, 0.1) is 0 Å². The monoisotopic (exact) mass is 263 g/mol. The van der Waals surface area contributed by atoms with Crippen molar-refractivity contribution in [3.63, 3.8) is 0 Å². The quantitative estimate of drug-likeness (QED) is 0.585. The topological polar surface area (TPSA) is 112 Å². The van der Waals surface area contributed by atoms with E-state index in [0.717, 1.165) is 0 Å². The molecule has 0 bridgehead atoms. The van der Waals surface area contributed by atoms with Crippen LogP contribution in [0.2, 0.25) is 0 Å². The van der Waals surface area contributed by atoms with E-state index in [4.69, 9.17) is 4.52 Å². The van der Waals surface area contributed by atoms with E-state index in [9.17, 15) is 15.3 Å². The minimum atomic E-state index is -0.405. The van der Waals surface area contributed by atoms with Gasteiger partial charge in [-0.15, -0.1) is 0 Å². The largest absolute Gasteiger partial charge is 0.504 e. The highest BCUT2D eigenvalue weighted by molar-refractivity contribution is 5.59. The molecule has 1 aliphatic heterocycles. The van der Waals surface area contributed by atoms with Crippen molar-refractivity contribution in [2.45, 2.75) is 18.6 Å². The lowest BCUT2D eigenvalue weighted by atomic mass is 10.2. The summed E-state index contributed by atoms with van der Waals surface area (Å²) < 4.78 is 5.14. The van der Waals surface area contributed by atoms with Crippen LogP contribution in [0.25, 0.3) is 11.4 Å². The lowest BCUT2D eigenvalue weighted by Crippen LogP contribution is -2.15. The van der Waals surface area contributed by atoms with Gasteiger partial charge in [-0.25, -0.2) is 0 Å². The molecule has 0 spiro atoms. The van der Waals surface area contributed by atoms with Gasteiger partial charge in [0.15, 0.2) is 11.5 Å². The molecule has 2 atom stereocenters. The van der Waals surface area contributed by atoms with Crippen LogP contribution in [-0.2, 0) is 0 Å². The first-order chi connectivity index (χ1) is 9.13. The van der Waals surface area contributed by atoms with Crippen molar-refractivity contribution in [3.8, 4) is 22.9 Å². The van der Waals surface area contributed by atoms with Crippen molar-refractivity contribution in [1.29, 1.82) is 0 Å². The molecule has 1 saturated heterocycles. The highest BCUT2D eigenvalue weighted by Crippen LogP contribution is 2.30. The first-order valence-corrected chi connectivity index (χ1v) is 5.91. The highest BCUT2D eigenvalue weighted by Gasteiger charge is 2.28. The van der Waals surface area contributed by atoms with E-state index in [1.165, 1.54) is 12.1 Å². The highest BCUT2D eigenvalue weighted by atomic mass is 16.5. The average Bonchev–Trinajstić information content (AvgIpc) is 3.01. The summed E-state index contributed by atoms with van der Waals surface area (Å²) in [4.78, 5) is 4.22. The molecule has 19 heavy (non-hydrogen) atoms. The van der Waals surface area contributed by atoms with E-state index in [2.05, 4.69) is 15.5 Å². The predicted molar refractivity (Wildman–Crippen MR) is 64.4 cm³/mol. The summed E-state index contributed by atoms with van der Waals surface area (Å²) >= 11 is 0. The number of aliphatic hydroxyl groups is 1. The second-order valence-corrected chi connectivity index (χ2v) is 4.51. The minimum absolute atomic E-state index is 0.151. The number of β-amino-alcohol motifs (C(OH)–C–C–N with tert-alkyl or cyclic N) is 1. The van der Waals surface area contributed by atoms with Crippen LogP contribution in [-0.4, -0.2) is 38.1 Å². The summed E-state index contributed by atoms with van der Waals surface area (Å²) in [5.74, 6) is 0.291. The zero-order valence-electron chi connectivity index (χ0n) is 9.95. The molecule has 1 aromatic heterocycles. The van der Waals surface area contributed by atoms with Crippen LogP contribution >= 0.6 is 0 Å². The normalized spacial score (nSPS) is 22.8. The molecule has 0 unspecified atom stereocenters. The number of aromatic hydroxyl groups is 2. The van der Waals surface area contributed by atoms with Gasteiger partial charge in [-0.1, -0.05) is 5.16 Å². The molecule has 0 aliphatic carbocycles. The van der Waals surface area contributed by atoms with Gasteiger partial charge in [0.05, 0.1) is 12.1 Å². The Balaban J connectivity index is 1.86. The third-order valence-corrected chi connectivity index (χ3v) is 3.08. The van der Waals surface area contributed by atoms with Crippen LogP contribution < -0.4 is 5.32 Å². The van der Waals surface area contributed by atoms with Crippen LogP contribution in [0.4, 0.5) is 0 Å². The SMILES string of the molecule is Oc1ccc(-c2noc([C@H]3C[C@H](O)CN3)n2)cc1O. The fourth-order valence-electron chi connectivity index (χ4n) is 2.06. The van der Waals surface area contributed by atoms with E-state index in [0.29, 0.717) is 30.2 Å². The van der Waals surface area contributed by atoms with Crippen LogP contribution in [0.5, 0.6) is 11.5 Å². The maximum Gasteiger partial charge on any atom is 0.244 e. The van der Waals surface area contributed by atoms with Gasteiger partial charge in [0.1, 0.15) is 0 Å². The smallest absolute Gasteiger partial charge is 0.244 e. The molecule has 2 heterocycles. The van der Waals surface area contributed by atoms with Crippen molar-refractivity contribution < 1.29 is 19.8 Å². The van der Waals surface area contributed by atoms with Gasteiger partial charge in [-0.3, -0.25) is 0 Å². The first-order valence-electron chi connectivity index (χ1n) is 5.91. The van der Waals surface area contributed by atoms with E-state index in [-0.39, 0.29) is 17.5 Å². The molecule has 7 nitrogen and oxygen atoms in total. The average molecular weight is 263 g/mol. The molecule has 1 aromatic carbocycles. The lowest BCUT2D eigenvalue weighted by Gasteiger charge is -2.01. The third kappa shape index (κ3) is 2.25. The molecule has 3 rings (SSSR count). The molecule has 1 fully saturated rings. The summed E-state index contributed by atoms with van der Waals surface area (Å²) in [5.41, 5.74) is 0.545. The Morgan fingerprint density at radius 2 is 2.11 bits per heavy atom. The van der Waals surface area contributed by atoms with Crippen molar-refractivity contribution in [3.05, 3.63) is 24.1 Å². The zero-order valence-corrected chi connectivity index (χ0v) is 9.95. The number of phenols is 2. The summed E-state index contributed by atoms with van der Waals surface area (Å²) in [7, 11) is 0. The number of nitrogens with zero attached hydrogens (tertiary/aromatic N) is 2. The van der Waals surface area contributed by atoms with E-state index in [1.54, 1.807) is 6.07 Å². The summed E-state index contributed by atoms with van der Waals surface area (Å²) in [6, 6.07) is 4.15. The second-order valence-electron chi connectivity index (χ2n) is 4.51. The van der Waals surface area contributed by atoms with Gasteiger partial charge in [0.2, 0.25) is 11.7 Å². The Morgan fingerprint density at radius 1 is 1.26 bits per heavy atom. The van der Waals surface area contributed by atoms with Crippen molar-refractivity contribution >= 4 is 0 Å². The third-order valence-electron chi connectivity index (χ3n) is 3.08. The van der Waals surface area contributed by atoms with Gasteiger partial charge in [-0.2, -0.15) is 4.98 Å². The van der Waals surface area contributed by atoms with E-state index >= 15 is 0 Å². The number of benzene rings is 1. The van der Waals surface area contributed by atoms with Gasteiger partial charge in [0.25, 0.3) is 0 Å². The summed E-state index contributed by atoms with van der Waals surface area (Å²) in [6.07, 6.45) is 0.126. The number of aromatic nitrogens is 2. The molecule has 1 aliphatic rings. The second kappa shape index (κ2) is 4.52. The van der Waals surface area contributed by atoms with Crippen molar-refractivity contribution in [1.82, 2.24) is 15.5 Å². The molecule has 100 valence electrons. The molecule has 2 aromatic rings. The Hall–Kier alpha value is -2.12. The molecule has 0 radical (unpaired) electrons. The Morgan fingerprint density at radius 3 is 2.79 bits per heavy atom. The van der Waals surface area contributed by atoms with Crippen molar-refractivity contribution in [2.24, 2.45) is 0 Å². The maximum absolute atomic E-state index is 9.44. The number of phenolic OH excluding ortho intramolecular Hbond substituents is 2. The Bertz CT molecular complexity index is 598. The van der Waals surface area contributed by atoms with Gasteiger partial charge >= 0.3 is 0 Å². The van der Waals surface area contributed by atoms with E-state index in [1.807, 2.05) is 0 Å². The number of rotatable bonds is 2. The number of nitrogens with one attached hydrogen (secondary N) is 1. The van der Waals surface area contributed by atoms with Crippen LogP contribution in [0.3, 0.4) is 0 Å². The fraction of sp³-hybridized carbons (Fsp3) is 0.333. The van der Waals surface area contributed by atoms with Gasteiger partial charge in [0, 0.05) is 12.1 Å².